The molecule has 0 saturated carbocycles. The first-order valence-electron chi connectivity index (χ1n) is 6.95. The number of esters is 1. The summed E-state index contributed by atoms with van der Waals surface area (Å²) in [5.41, 5.74) is 2.52. The average Bonchev–Trinajstić information content (AvgIpc) is 2.36. The number of aryl methyl sites for hydroxylation is 2. The number of benzene rings is 1. The van der Waals surface area contributed by atoms with E-state index in [2.05, 4.69) is 25.2 Å². The molecule has 0 amide bonds. The summed E-state index contributed by atoms with van der Waals surface area (Å²) in [5.74, 6) is -0.213. The van der Waals surface area contributed by atoms with Crippen LogP contribution in [0.15, 0.2) is 18.2 Å². The standard InChI is InChI=1S/C16H25NO2/c1-6-10-17-16(5,15(18)19-7-2)14-9-8-12(3)11-13(14)4/h8-9,11,17H,6-7,10H2,1-5H3. The van der Waals surface area contributed by atoms with E-state index in [1.165, 1.54) is 5.56 Å². The van der Waals surface area contributed by atoms with Crippen LogP contribution < -0.4 is 5.32 Å². The predicted octanol–water partition coefficient (Wildman–Crippen LogP) is 3.08. The van der Waals surface area contributed by atoms with E-state index in [1.54, 1.807) is 0 Å². The van der Waals surface area contributed by atoms with Crippen molar-refractivity contribution in [2.24, 2.45) is 0 Å². The van der Waals surface area contributed by atoms with Gasteiger partial charge in [-0.15, -0.1) is 0 Å². The van der Waals surface area contributed by atoms with Gasteiger partial charge in [-0.05, 0) is 51.8 Å². The fourth-order valence-corrected chi connectivity index (χ4v) is 2.30. The van der Waals surface area contributed by atoms with E-state index in [0.29, 0.717) is 6.61 Å². The summed E-state index contributed by atoms with van der Waals surface area (Å²) < 4.78 is 5.24. The van der Waals surface area contributed by atoms with Gasteiger partial charge < -0.3 is 4.74 Å². The Kier molecular flexibility index (Phi) is 5.55. The summed E-state index contributed by atoms with van der Waals surface area (Å²) in [6.45, 7) is 11.1. The van der Waals surface area contributed by atoms with Crippen molar-refractivity contribution in [3.63, 3.8) is 0 Å². The second-order valence-electron chi connectivity index (χ2n) is 5.09. The van der Waals surface area contributed by atoms with Crippen LogP contribution in [0.3, 0.4) is 0 Å². The van der Waals surface area contributed by atoms with E-state index in [-0.39, 0.29) is 5.97 Å². The molecule has 0 aromatic heterocycles. The van der Waals surface area contributed by atoms with Gasteiger partial charge in [0.1, 0.15) is 5.54 Å². The zero-order valence-electron chi connectivity index (χ0n) is 12.7. The van der Waals surface area contributed by atoms with Crippen molar-refractivity contribution in [3.8, 4) is 0 Å². The highest BCUT2D eigenvalue weighted by atomic mass is 16.5. The van der Waals surface area contributed by atoms with Gasteiger partial charge in [-0.1, -0.05) is 30.7 Å². The highest BCUT2D eigenvalue weighted by Crippen LogP contribution is 2.26. The summed E-state index contributed by atoms with van der Waals surface area (Å²) in [7, 11) is 0. The minimum Gasteiger partial charge on any atom is -0.464 e. The summed E-state index contributed by atoms with van der Waals surface area (Å²) in [6.07, 6.45) is 0.972. The third-order valence-electron chi connectivity index (χ3n) is 3.33. The minimum atomic E-state index is -0.774. The highest BCUT2D eigenvalue weighted by molar-refractivity contribution is 5.82. The number of rotatable bonds is 6. The lowest BCUT2D eigenvalue weighted by Gasteiger charge is -2.30. The largest absolute Gasteiger partial charge is 0.464 e. The van der Waals surface area contributed by atoms with Gasteiger partial charge in [0.25, 0.3) is 0 Å². The second kappa shape index (κ2) is 6.71. The number of carbonyl (C=O) groups excluding carboxylic acids is 1. The van der Waals surface area contributed by atoms with Gasteiger partial charge in [-0.25, -0.2) is 4.79 Å². The molecule has 1 N–H and O–H groups in total. The van der Waals surface area contributed by atoms with Gasteiger partial charge in [0.2, 0.25) is 0 Å². The minimum absolute atomic E-state index is 0.213. The molecule has 1 rings (SSSR count). The SMILES string of the molecule is CCCNC(C)(C(=O)OCC)c1ccc(C)cc1C. The molecule has 3 nitrogen and oxygen atoms in total. The molecule has 1 atom stereocenters. The first-order chi connectivity index (χ1) is 8.95. The third-order valence-corrected chi connectivity index (χ3v) is 3.33. The molecule has 19 heavy (non-hydrogen) atoms. The zero-order chi connectivity index (χ0) is 14.5. The maximum absolute atomic E-state index is 12.3. The molecule has 1 aromatic rings. The first kappa shape index (κ1) is 15.7. The fourth-order valence-electron chi connectivity index (χ4n) is 2.30. The van der Waals surface area contributed by atoms with Crippen LogP contribution in [0.1, 0.15) is 43.9 Å². The summed E-state index contributed by atoms with van der Waals surface area (Å²) in [5, 5.41) is 3.33. The normalized spacial score (nSPS) is 13.9. The molecular formula is C16H25NO2. The topological polar surface area (TPSA) is 38.3 Å². The number of nitrogens with one attached hydrogen (secondary N) is 1. The van der Waals surface area contributed by atoms with Gasteiger partial charge in [-0.2, -0.15) is 0 Å². The summed E-state index contributed by atoms with van der Waals surface area (Å²) in [6, 6.07) is 6.15. The molecule has 0 aliphatic rings. The molecule has 0 bridgehead atoms. The van der Waals surface area contributed by atoms with Crippen molar-refractivity contribution in [2.45, 2.75) is 46.6 Å². The molecule has 0 saturated heterocycles. The lowest BCUT2D eigenvalue weighted by Crippen LogP contribution is -2.48. The Labute approximate surface area is 116 Å². The Balaban J connectivity index is 3.18. The van der Waals surface area contributed by atoms with Gasteiger partial charge >= 0.3 is 5.97 Å². The van der Waals surface area contributed by atoms with Crippen LogP contribution >= 0.6 is 0 Å². The van der Waals surface area contributed by atoms with Gasteiger partial charge in [-0.3, -0.25) is 5.32 Å². The lowest BCUT2D eigenvalue weighted by atomic mass is 9.87. The quantitative estimate of drug-likeness (QED) is 0.802. The Morgan fingerprint density at radius 1 is 1.32 bits per heavy atom. The van der Waals surface area contributed by atoms with E-state index < -0.39 is 5.54 Å². The summed E-state index contributed by atoms with van der Waals surface area (Å²) in [4.78, 5) is 12.3. The molecule has 0 heterocycles. The van der Waals surface area contributed by atoms with Gasteiger partial charge in [0.15, 0.2) is 0 Å². The van der Waals surface area contributed by atoms with Crippen molar-refractivity contribution in [1.82, 2.24) is 5.32 Å². The van der Waals surface area contributed by atoms with E-state index in [1.807, 2.05) is 32.9 Å². The van der Waals surface area contributed by atoms with Crippen molar-refractivity contribution >= 4 is 5.97 Å². The van der Waals surface area contributed by atoms with Crippen LogP contribution in [0.2, 0.25) is 0 Å². The maximum Gasteiger partial charge on any atom is 0.330 e. The fraction of sp³-hybridized carbons (Fsp3) is 0.562. The van der Waals surface area contributed by atoms with Crippen molar-refractivity contribution in [1.29, 1.82) is 0 Å². The number of carbonyl (C=O) groups is 1. The molecule has 0 aliphatic heterocycles. The molecule has 0 aliphatic carbocycles. The van der Waals surface area contributed by atoms with E-state index >= 15 is 0 Å². The average molecular weight is 263 g/mol. The molecule has 106 valence electrons. The Morgan fingerprint density at radius 3 is 2.53 bits per heavy atom. The Hall–Kier alpha value is -1.35. The third kappa shape index (κ3) is 3.57. The molecule has 0 radical (unpaired) electrons. The van der Waals surface area contributed by atoms with Crippen LogP contribution in [0.25, 0.3) is 0 Å². The molecular weight excluding hydrogens is 238 g/mol. The lowest BCUT2D eigenvalue weighted by molar-refractivity contribution is -0.151. The highest BCUT2D eigenvalue weighted by Gasteiger charge is 2.37. The number of ether oxygens (including phenoxy) is 1. The molecule has 1 unspecified atom stereocenters. The molecule has 3 heteroatoms. The smallest absolute Gasteiger partial charge is 0.330 e. The Morgan fingerprint density at radius 2 is 2.00 bits per heavy atom. The molecule has 1 aromatic carbocycles. The number of hydrogen-bond donors (Lipinski definition) is 1. The van der Waals surface area contributed by atoms with Gasteiger partial charge in [0.05, 0.1) is 6.61 Å². The van der Waals surface area contributed by atoms with Crippen LogP contribution in [-0.4, -0.2) is 19.1 Å². The number of hydrogen-bond acceptors (Lipinski definition) is 3. The van der Waals surface area contributed by atoms with Crippen LogP contribution in [0.5, 0.6) is 0 Å². The Bertz CT molecular complexity index is 442. The predicted molar refractivity (Wildman–Crippen MR) is 78.2 cm³/mol. The maximum atomic E-state index is 12.3. The summed E-state index contributed by atoms with van der Waals surface area (Å²) >= 11 is 0. The second-order valence-corrected chi connectivity index (χ2v) is 5.09. The first-order valence-corrected chi connectivity index (χ1v) is 6.95. The van der Waals surface area contributed by atoms with E-state index in [9.17, 15) is 4.79 Å². The monoisotopic (exact) mass is 263 g/mol. The van der Waals surface area contributed by atoms with Crippen molar-refractivity contribution < 1.29 is 9.53 Å². The van der Waals surface area contributed by atoms with Gasteiger partial charge in [0, 0.05) is 0 Å². The van der Waals surface area contributed by atoms with E-state index in [4.69, 9.17) is 4.74 Å². The van der Waals surface area contributed by atoms with Crippen LogP contribution in [0, 0.1) is 13.8 Å². The van der Waals surface area contributed by atoms with Crippen molar-refractivity contribution in [3.05, 3.63) is 34.9 Å². The zero-order valence-corrected chi connectivity index (χ0v) is 12.7. The van der Waals surface area contributed by atoms with Crippen LogP contribution in [-0.2, 0) is 15.1 Å². The molecule has 0 spiro atoms. The molecule has 0 fully saturated rings. The van der Waals surface area contributed by atoms with Crippen LogP contribution in [0.4, 0.5) is 0 Å². The van der Waals surface area contributed by atoms with E-state index in [0.717, 1.165) is 24.1 Å². The van der Waals surface area contributed by atoms with Crippen molar-refractivity contribution in [2.75, 3.05) is 13.2 Å².